The first-order valence-corrected chi connectivity index (χ1v) is 6.52. The quantitative estimate of drug-likeness (QED) is 0.804. The van der Waals surface area contributed by atoms with E-state index in [9.17, 15) is 4.79 Å². The molecule has 0 spiro atoms. The fourth-order valence-electron chi connectivity index (χ4n) is 2.09. The second kappa shape index (κ2) is 6.61. The van der Waals surface area contributed by atoms with E-state index in [0.717, 1.165) is 6.42 Å². The minimum absolute atomic E-state index is 0.114. The van der Waals surface area contributed by atoms with E-state index >= 15 is 0 Å². The van der Waals surface area contributed by atoms with E-state index in [4.69, 9.17) is 14.6 Å². The lowest BCUT2D eigenvalue weighted by Gasteiger charge is -2.28. The average molecular weight is 281 g/mol. The van der Waals surface area contributed by atoms with Crippen LogP contribution in [0.25, 0.3) is 0 Å². The number of aromatic carboxylic acids is 1. The Bertz CT molecular complexity index is 471. The molecule has 1 aromatic rings. The molecule has 112 valence electrons. The van der Waals surface area contributed by atoms with Crippen LogP contribution < -0.4 is 10.1 Å². The number of methoxy groups -OCH3 is 2. The highest BCUT2D eigenvalue weighted by atomic mass is 16.5. The summed E-state index contributed by atoms with van der Waals surface area (Å²) in [5.74, 6) is -0.336. The molecule has 0 saturated carbocycles. The minimum Gasteiger partial charge on any atom is -0.495 e. The Balaban J connectivity index is 2.89. The Morgan fingerprint density at radius 2 is 2.05 bits per heavy atom. The fourth-order valence-corrected chi connectivity index (χ4v) is 2.09. The van der Waals surface area contributed by atoms with E-state index in [1.54, 1.807) is 26.4 Å². The summed E-state index contributed by atoms with van der Waals surface area (Å²) in [6, 6.07) is 4.87. The second-order valence-corrected chi connectivity index (χ2v) is 5.43. The molecule has 0 saturated heterocycles. The normalized spacial score (nSPS) is 12.8. The van der Waals surface area contributed by atoms with Gasteiger partial charge in [-0.1, -0.05) is 0 Å². The average Bonchev–Trinajstić information content (AvgIpc) is 2.37. The zero-order valence-corrected chi connectivity index (χ0v) is 12.7. The fraction of sp³-hybridized carbons (Fsp3) is 0.533. The smallest absolute Gasteiger partial charge is 0.335 e. The number of hydrogen-bond acceptors (Lipinski definition) is 4. The first-order chi connectivity index (χ1) is 9.29. The van der Waals surface area contributed by atoms with Crippen LogP contribution in [0.5, 0.6) is 5.75 Å². The van der Waals surface area contributed by atoms with Gasteiger partial charge in [-0.15, -0.1) is 0 Å². The zero-order valence-electron chi connectivity index (χ0n) is 12.7. The standard InChI is InChI=1S/C15H23NO4/c1-10(9-15(2,3)20-5)16-12-8-11(14(17)18)6-7-13(12)19-4/h6-8,10,16H,9H2,1-5H3,(H,17,18). The third-order valence-corrected chi connectivity index (χ3v) is 3.20. The van der Waals surface area contributed by atoms with Gasteiger partial charge in [0, 0.05) is 13.2 Å². The lowest BCUT2D eigenvalue weighted by atomic mass is 9.99. The lowest BCUT2D eigenvalue weighted by molar-refractivity contribution is 0.0127. The van der Waals surface area contributed by atoms with Crippen molar-refractivity contribution in [1.29, 1.82) is 0 Å². The van der Waals surface area contributed by atoms with Gasteiger partial charge in [0.25, 0.3) is 0 Å². The van der Waals surface area contributed by atoms with Gasteiger partial charge in [-0.05, 0) is 45.4 Å². The van der Waals surface area contributed by atoms with Gasteiger partial charge >= 0.3 is 5.97 Å². The van der Waals surface area contributed by atoms with E-state index in [0.29, 0.717) is 11.4 Å². The largest absolute Gasteiger partial charge is 0.495 e. The molecule has 0 aromatic heterocycles. The van der Waals surface area contributed by atoms with Crippen LogP contribution in [0.3, 0.4) is 0 Å². The topological polar surface area (TPSA) is 67.8 Å². The summed E-state index contributed by atoms with van der Waals surface area (Å²) in [7, 11) is 3.24. The number of nitrogens with one attached hydrogen (secondary N) is 1. The third-order valence-electron chi connectivity index (χ3n) is 3.20. The Hall–Kier alpha value is -1.75. The Morgan fingerprint density at radius 1 is 1.40 bits per heavy atom. The van der Waals surface area contributed by atoms with Crippen LogP contribution in [-0.2, 0) is 4.74 Å². The summed E-state index contributed by atoms with van der Waals surface area (Å²) >= 11 is 0. The van der Waals surface area contributed by atoms with Crippen LogP contribution in [0.4, 0.5) is 5.69 Å². The summed E-state index contributed by atoms with van der Waals surface area (Å²) in [5, 5.41) is 12.3. The van der Waals surface area contributed by atoms with Gasteiger partial charge in [0.05, 0.1) is 24.0 Å². The van der Waals surface area contributed by atoms with E-state index in [-0.39, 0.29) is 17.2 Å². The molecule has 1 aromatic carbocycles. The number of carbonyl (C=O) groups is 1. The van der Waals surface area contributed by atoms with Crippen LogP contribution in [0.2, 0.25) is 0 Å². The van der Waals surface area contributed by atoms with Crippen molar-refractivity contribution >= 4 is 11.7 Å². The second-order valence-electron chi connectivity index (χ2n) is 5.43. The molecule has 5 heteroatoms. The monoisotopic (exact) mass is 281 g/mol. The van der Waals surface area contributed by atoms with E-state index < -0.39 is 5.97 Å². The van der Waals surface area contributed by atoms with Crippen molar-refractivity contribution in [2.45, 2.75) is 38.8 Å². The number of benzene rings is 1. The van der Waals surface area contributed by atoms with Gasteiger partial charge in [-0.2, -0.15) is 0 Å². The first kappa shape index (κ1) is 16.3. The third kappa shape index (κ3) is 4.42. The Morgan fingerprint density at radius 3 is 2.55 bits per heavy atom. The summed E-state index contributed by atoms with van der Waals surface area (Å²) < 4.78 is 10.6. The molecule has 0 radical (unpaired) electrons. The molecule has 20 heavy (non-hydrogen) atoms. The van der Waals surface area contributed by atoms with Gasteiger partial charge in [-0.25, -0.2) is 4.79 Å². The molecule has 1 atom stereocenters. The molecule has 0 amide bonds. The number of hydrogen-bond donors (Lipinski definition) is 2. The molecular weight excluding hydrogens is 258 g/mol. The van der Waals surface area contributed by atoms with Crippen molar-refractivity contribution < 1.29 is 19.4 Å². The van der Waals surface area contributed by atoms with E-state index in [1.807, 2.05) is 20.8 Å². The minimum atomic E-state index is -0.958. The number of carboxylic acid groups (broad SMARTS) is 1. The van der Waals surface area contributed by atoms with Crippen molar-refractivity contribution in [2.75, 3.05) is 19.5 Å². The summed E-state index contributed by atoms with van der Waals surface area (Å²) in [5.41, 5.74) is 0.655. The Kier molecular flexibility index (Phi) is 5.39. The van der Waals surface area contributed by atoms with Crippen molar-refractivity contribution in [3.63, 3.8) is 0 Å². The molecule has 5 nitrogen and oxygen atoms in total. The van der Waals surface area contributed by atoms with Crippen molar-refractivity contribution in [1.82, 2.24) is 0 Å². The lowest BCUT2D eigenvalue weighted by Crippen LogP contribution is -2.31. The van der Waals surface area contributed by atoms with Gasteiger partial charge in [-0.3, -0.25) is 0 Å². The zero-order chi connectivity index (χ0) is 15.3. The predicted octanol–water partition coefficient (Wildman–Crippen LogP) is 3.01. The van der Waals surface area contributed by atoms with Crippen molar-refractivity contribution in [3.8, 4) is 5.75 Å². The molecule has 0 bridgehead atoms. The number of ether oxygens (including phenoxy) is 2. The van der Waals surface area contributed by atoms with Crippen molar-refractivity contribution in [2.24, 2.45) is 0 Å². The molecule has 1 unspecified atom stereocenters. The number of anilines is 1. The Labute approximate surface area is 119 Å². The molecule has 2 N–H and O–H groups in total. The molecule has 1 rings (SSSR count). The van der Waals surface area contributed by atoms with E-state index in [1.165, 1.54) is 6.07 Å². The molecule has 0 aliphatic rings. The van der Waals surface area contributed by atoms with Crippen molar-refractivity contribution in [3.05, 3.63) is 23.8 Å². The van der Waals surface area contributed by atoms with Gasteiger partial charge in [0.1, 0.15) is 5.75 Å². The first-order valence-electron chi connectivity index (χ1n) is 6.52. The molecule has 0 aliphatic heterocycles. The maximum atomic E-state index is 11.0. The molecule has 0 fully saturated rings. The number of carboxylic acids is 1. The van der Waals surface area contributed by atoms with Crippen LogP contribution >= 0.6 is 0 Å². The maximum absolute atomic E-state index is 11.0. The molecular formula is C15H23NO4. The summed E-state index contributed by atoms with van der Waals surface area (Å²) in [6.45, 7) is 6.04. The predicted molar refractivity (Wildman–Crippen MR) is 78.7 cm³/mol. The summed E-state index contributed by atoms with van der Waals surface area (Å²) in [4.78, 5) is 11.0. The van der Waals surface area contributed by atoms with Gasteiger partial charge in [0.2, 0.25) is 0 Å². The van der Waals surface area contributed by atoms with Gasteiger partial charge in [0.15, 0.2) is 0 Å². The molecule has 0 aliphatic carbocycles. The highest BCUT2D eigenvalue weighted by Gasteiger charge is 2.21. The van der Waals surface area contributed by atoms with Crippen LogP contribution in [-0.4, -0.2) is 36.9 Å². The SMILES string of the molecule is COc1ccc(C(=O)O)cc1NC(C)CC(C)(C)OC. The highest BCUT2D eigenvalue weighted by molar-refractivity contribution is 5.89. The van der Waals surface area contributed by atoms with Gasteiger partial charge < -0.3 is 19.9 Å². The van der Waals surface area contributed by atoms with Crippen LogP contribution in [0, 0.1) is 0 Å². The van der Waals surface area contributed by atoms with Crippen LogP contribution in [0.1, 0.15) is 37.6 Å². The molecule has 0 heterocycles. The maximum Gasteiger partial charge on any atom is 0.335 e. The highest BCUT2D eigenvalue weighted by Crippen LogP contribution is 2.28. The van der Waals surface area contributed by atoms with E-state index in [2.05, 4.69) is 5.32 Å². The summed E-state index contributed by atoms with van der Waals surface area (Å²) in [6.07, 6.45) is 0.782. The number of rotatable bonds is 7. The van der Waals surface area contributed by atoms with Crippen LogP contribution in [0.15, 0.2) is 18.2 Å².